The summed E-state index contributed by atoms with van der Waals surface area (Å²) >= 11 is 0. The van der Waals surface area contributed by atoms with Crippen molar-refractivity contribution in [1.82, 2.24) is 19.1 Å². The molecule has 0 amide bonds. The van der Waals surface area contributed by atoms with Gasteiger partial charge in [-0.25, -0.2) is 13.1 Å². The fourth-order valence-corrected chi connectivity index (χ4v) is 3.01. The van der Waals surface area contributed by atoms with E-state index in [2.05, 4.69) is 9.82 Å². The van der Waals surface area contributed by atoms with Crippen LogP contribution in [0.5, 0.6) is 0 Å². The van der Waals surface area contributed by atoms with Crippen LogP contribution in [0.2, 0.25) is 0 Å². The average Bonchev–Trinajstić information content (AvgIpc) is 2.95. The lowest BCUT2D eigenvalue weighted by molar-refractivity contribution is 0.560. The van der Waals surface area contributed by atoms with Gasteiger partial charge in [0, 0.05) is 38.2 Å². The molecule has 0 aromatic carbocycles. The first-order chi connectivity index (χ1) is 9.42. The molecule has 0 atom stereocenters. The van der Waals surface area contributed by atoms with Gasteiger partial charge in [0.1, 0.15) is 0 Å². The molecule has 2 heterocycles. The summed E-state index contributed by atoms with van der Waals surface area (Å²) in [5.74, 6) is 0. The number of nitrogens with two attached hydrogens (primary N) is 1. The van der Waals surface area contributed by atoms with Crippen molar-refractivity contribution in [3.05, 3.63) is 35.9 Å². The van der Waals surface area contributed by atoms with Crippen molar-refractivity contribution in [3.8, 4) is 0 Å². The highest BCUT2D eigenvalue weighted by molar-refractivity contribution is 7.89. The molecule has 0 aliphatic carbocycles. The number of hydrogen-bond acceptors (Lipinski definition) is 4. The standard InChI is InChI=1S/C12H19N5O2S/c1-10-7-14-17(8-10)4-3-15-20(18,19)12-5-11(6-13)16(2)9-12/h5,7-9,15H,3-4,6,13H2,1-2H3. The zero-order valence-electron chi connectivity index (χ0n) is 11.6. The first-order valence-electron chi connectivity index (χ1n) is 6.26. The van der Waals surface area contributed by atoms with E-state index in [-0.39, 0.29) is 11.4 Å². The maximum absolute atomic E-state index is 12.1. The van der Waals surface area contributed by atoms with Crippen molar-refractivity contribution >= 4 is 10.0 Å². The predicted octanol–water partition coefficient (Wildman–Crippen LogP) is -0.0328. The lowest BCUT2D eigenvalue weighted by Gasteiger charge is -2.05. The second kappa shape index (κ2) is 5.78. The Balaban J connectivity index is 2.00. The van der Waals surface area contributed by atoms with Crippen molar-refractivity contribution in [3.63, 3.8) is 0 Å². The number of aromatic nitrogens is 3. The molecule has 7 nitrogen and oxygen atoms in total. The third-order valence-electron chi connectivity index (χ3n) is 3.00. The molecule has 0 saturated carbocycles. The molecule has 2 rings (SSSR count). The molecule has 0 unspecified atom stereocenters. The first kappa shape index (κ1) is 14.8. The number of sulfonamides is 1. The molecule has 0 radical (unpaired) electrons. The Bertz CT molecular complexity index is 687. The molecule has 0 aliphatic rings. The van der Waals surface area contributed by atoms with Gasteiger partial charge in [0.25, 0.3) is 0 Å². The molecule has 0 saturated heterocycles. The summed E-state index contributed by atoms with van der Waals surface area (Å²) in [5.41, 5.74) is 7.35. The van der Waals surface area contributed by atoms with Crippen LogP contribution in [0.25, 0.3) is 0 Å². The van der Waals surface area contributed by atoms with Crippen molar-refractivity contribution < 1.29 is 8.42 Å². The molecule has 0 aliphatic heterocycles. The van der Waals surface area contributed by atoms with Crippen LogP contribution >= 0.6 is 0 Å². The Hall–Kier alpha value is -1.64. The third kappa shape index (κ3) is 3.27. The Morgan fingerprint density at radius 2 is 2.15 bits per heavy atom. The summed E-state index contributed by atoms with van der Waals surface area (Å²) < 4.78 is 30.2. The SMILES string of the molecule is Cc1cnn(CCNS(=O)(=O)c2cc(CN)n(C)c2)c1. The topological polar surface area (TPSA) is 94.9 Å². The molecule has 20 heavy (non-hydrogen) atoms. The number of hydrogen-bond donors (Lipinski definition) is 2. The molecule has 8 heteroatoms. The van der Waals surface area contributed by atoms with Crippen LogP contribution in [-0.4, -0.2) is 29.3 Å². The van der Waals surface area contributed by atoms with Crippen LogP contribution in [0.3, 0.4) is 0 Å². The van der Waals surface area contributed by atoms with Gasteiger partial charge < -0.3 is 10.3 Å². The predicted molar refractivity (Wildman–Crippen MR) is 75.5 cm³/mol. The van der Waals surface area contributed by atoms with E-state index in [9.17, 15) is 8.42 Å². The second-order valence-corrected chi connectivity index (χ2v) is 6.43. The van der Waals surface area contributed by atoms with Gasteiger partial charge in [-0.3, -0.25) is 4.68 Å². The molecule has 0 spiro atoms. The van der Waals surface area contributed by atoms with Gasteiger partial charge in [-0.2, -0.15) is 5.10 Å². The van der Waals surface area contributed by atoms with E-state index in [1.807, 2.05) is 13.1 Å². The van der Waals surface area contributed by atoms with Gasteiger partial charge in [-0.1, -0.05) is 0 Å². The van der Waals surface area contributed by atoms with E-state index in [0.29, 0.717) is 13.1 Å². The first-order valence-corrected chi connectivity index (χ1v) is 7.75. The lowest BCUT2D eigenvalue weighted by Crippen LogP contribution is -2.27. The monoisotopic (exact) mass is 297 g/mol. The van der Waals surface area contributed by atoms with Gasteiger partial charge in [0.15, 0.2) is 0 Å². The normalized spacial score (nSPS) is 11.9. The minimum absolute atomic E-state index is 0.233. The van der Waals surface area contributed by atoms with Crippen molar-refractivity contribution in [2.45, 2.75) is 24.9 Å². The smallest absolute Gasteiger partial charge is 0.242 e. The van der Waals surface area contributed by atoms with E-state index in [0.717, 1.165) is 11.3 Å². The number of nitrogens with zero attached hydrogens (tertiary/aromatic N) is 3. The van der Waals surface area contributed by atoms with Crippen LogP contribution in [0.1, 0.15) is 11.3 Å². The van der Waals surface area contributed by atoms with Crippen LogP contribution < -0.4 is 10.5 Å². The van der Waals surface area contributed by atoms with Gasteiger partial charge in [-0.05, 0) is 18.6 Å². The van der Waals surface area contributed by atoms with E-state index >= 15 is 0 Å². The summed E-state index contributed by atoms with van der Waals surface area (Å²) in [4.78, 5) is 0.233. The maximum atomic E-state index is 12.1. The van der Waals surface area contributed by atoms with Gasteiger partial charge in [-0.15, -0.1) is 0 Å². The van der Waals surface area contributed by atoms with Gasteiger partial charge in [0.2, 0.25) is 10.0 Å². The number of nitrogens with one attached hydrogen (secondary N) is 1. The van der Waals surface area contributed by atoms with E-state index in [4.69, 9.17) is 5.73 Å². The summed E-state index contributed by atoms with van der Waals surface area (Å²) in [5, 5.41) is 4.10. The molecule has 2 aromatic rings. The minimum Gasteiger partial charge on any atom is -0.352 e. The molecule has 0 fully saturated rings. The quantitative estimate of drug-likeness (QED) is 0.782. The number of rotatable bonds is 6. The van der Waals surface area contributed by atoms with Crippen molar-refractivity contribution in [2.75, 3.05) is 6.54 Å². The fraction of sp³-hybridized carbons (Fsp3) is 0.417. The van der Waals surface area contributed by atoms with Gasteiger partial charge in [0.05, 0.1) is 17.6 Å². The largest absolute Gasteiger partial charge is 0.352 e. The summed E-state index contributed by atoms with van der Waals surface area (Å²) in [6.45, 7) is 3.02. The van der Waals surface area contributed by atoms with Crippen LogP contribution in [0, 0.1) is 6.92 Å². The average molecular weight is 297 g/mol. The summed E-state index contributed by atoms with van der Waals surface area (Å²) in [6, 6.07) is 1.58. The van der Waals surface area contributed by atoms with Crippen LogP contribution in [-0.2, 0) is 30.2 Å². The Morgan fingerprint density at radius 1 is 1.40 bits per heavy atom. The summed E-state index contributed by atoms with van der Waals surface area (Å²) in [6.07, 6.45) is 5.16. The van der Waals surface area contributed by atoms with Crippen LogP contribution in [0.15, 0.2) is 29.6 Å². The maximum Gasteiger partial charge on any atom is 0.242 e. The van der Waals surface area contributed by atoms with Gasteiger partial charge >= 0.3 is 0 Å². The zero-order valence-corrected chi connectivity index (χ0v) is 12.4. The molecule has 3 N–H and O–H groups in total. The second-order valence-electron chi connectivity index (χ2n) is 4.66. The fourth-order valence-electron chi connectivity index (χ4n) is 1.89. The Kier molecular flexibility index (Phi) is 4.26. The van der Waals surface area contributed by atoms with E-state index in [1.165, 1.54) is 0 Å². The van der Waals surface area contributed by atoms with E-state index < -0.39 is 10.0 Å². The molecular weight excluding hydrogens is 278 g/mol. The third-order valence-corrected chi connectivity index (χ3v) is 4.43. The minimum atomic E-state index is -3.50. The van der Waals surface area contributed by atoms with Crippen molar-refractivity contribution in [1.29, 1.82) is 0 Å². The Labute approximate surface area is 118 Å². The van der Waals surface area contributed by atoms with Crippen LogP contribution in [0.4, 0.5) is 0 Å². The lowest BCUT2D eigenvalue weighted by atomic mass is 10.4. The molecule has 110 valence electrons. The highest BCUT2D eigenvalue weighted by atomic mass is 32.2. The molecular formula is C12H19N5O2S. The summed E-state index contributed by atoms with van der Waals surface area (Å²) in [7, 11) is -1.73. The highest BCUT2D eigenvalue weighted by Gasteiger charge is 2.16. The highest BCUT2D eigenvalue weighted by Crippen LogP contribution is 2.12. The molecule has 0 bridgehead atoms. The van der Waals surface area contributed by atoms with E-state index in [1.54, 1.807) is 34.8 Å². The number of aryl methyl sites for hydroxylation is 2. The zero-order chi connectivity index (χ0) is 14.8. The van der Waals surface area contributed by atoms with Crippen molar-refractivity contribution in [2.24, 2.45) is 12.8 Å². The Morgan fingerprint density at radius 3 is 2.70 bits per heavy atom. The molecule has 2 aromatic heterocycles.